The molecule has 0 rings (SSSR count). The number of hydrogen-bond donors (Lipinski definition) is 3. The lowest BCUT2D eigenvalue weighted by Gasteiger charge is -2.17. The van der Waals surface area contributed by atoms with Gasteiger partial charge in [0.2, 0.25) is 0 Å². The van der Waals surface area contributed by atoms with Crippen molar-refractivity contribution in [3.8, 4) is 0 Å². The second kappa shape index (κ2) is 3.83. The molecule has 0 saturated carbocycles. The van der Waals surface area contributed by atoms with E-state index in [1.165, 1.54) is 7.05 Å². The van der Waals surface area contributed by atoms with Crippen molar-refractivity contribution in [3.05, 3.63) is 0 Å². The second-order valence-electron chi connectivity index (χ2n) is 2.68. The van der Waals surface area contributed by atoms with Crippen LogP contribution in [0.15, 0.2) is 0 Å². The Morgan fingerprint density at radius 3 is 2.33 bits per heavy atom. The molecule has 5 N–H and O–H groups in total. The maximum Gasteiger partial charge on any atom is 0.276 e. The average Bonchev–Trinajstić information content (AvgIpc) is 1.85. The van der Waals surface area contributed by atoms with Crippen molar-refractivity contribution in [1.82, 2.24) is 4.31 Å². The summed E-state index contributed by atoms with van der Waals surface area (Å²) in [5.74, 6) is -0.362. The summed E-state index contributed by atoms with van der Waals surface area (Å²) in [5, 5.41) is 11.8. The molecule has 0 aliphatic rings. The molecular formula is C5H14N4O2S. The largest absolute Gasteiger partial charge is 0.387 e. The third kappa shape index (κ3) is 3.65. The first kappa shape index (κ1) is 11.3. The Morgan fingerprint density at radius 1 is 1.67 bits per heavy atom. The molecule has 6 nitrogen and oxygen atoms in total. The van der Waals surface area contributed by atoms with E-state index >= 15 is 0 Å². The van der Waals surface area contributed by atoms with Gasteiger partial charge in [-0.1, -0.05) is 6.92 Å². The maximum atomic E-state index is 10.7. The Labute approximate surface area is 72.2 Å². The SMILES string of the molecule is CC(CN(C)S(N)(=O)=O)C(=N)N. The molecule has 0 aliphatic heterocycles. The zero-order chi connectivity index (χ0) is 9.94. The van der Waals surface area contributed by atoms with Crippen LogP contribution in [0.1, 0.15) is 6.92 Å². The molecular weight excluding hydrogens is 180 g/mol. The number of rotatable bonds is 4. The molecule has 0 aromatic carbocycles. The van der Waals surface area contributed by atoms with Gasteiger partial charge in [0.1, 0.15) is 0 Å². The van der Waals surface area contributed by atoms with Crippen LogP contribution in [0.3, 0.4) is 0 Å². The predicted molar refractivity (Wildman–Crippen MR) is 46.8 cm³/mol. The van der Waals surface area contributed by atoms with E-state index in [0.29, 0.717) is 0 Å². The van der Waals surface area contributed by atoms with E-state index in [1.807, 2.05) is 0 Å². The molecule has 1 unspecified atom stereocenters. The minimum absolute atomic E-state index is 0.0505. The highest BCUT2D eigenvalue weighted by Gasteiger charge is 2.16. The summed E-state index contributed by atoms with van der Waals surface area (Å²) in [4.78, 5) is 0. The van der Waals surface area contributed by atoms with Crippen molar-refractivity contribution in [2.45, 2.75) is 6.92 Å². The molecule has 0 aliphatic carbocycles. The minimum Gasteiger partial charge on any atom is -0.387 e. The molecule has 1 atom stereocenters. The fraction of sp³-hybridized carbons (Fsp3) is 0.800. The van der Waals surface area contributed by atoms with E-state index in [-0.39, 0.29) is 18.3 Å². The lowest BCUT2D eigenvalue weighted by molar-refractivity contribution is 0.444. The highest BCUT2D eigenvalue weighted by atomic mass is 32.2. The van der Waals surface area contributed by atoms with Gasteiger partial charge in [-0.05, 0) is 0 Å². The van der Waals surface area contributed by atoms with Gasteiger partial charge in [-0.3, -0.25) is 5.41 Å². The smallest absolute Gasteiger partial charge is 0.276 e. The van der Waals surface area contributed by atoms with Gasteiger partial charge in [0.25, 0.3) is 10.2 Å². The topological polar surface area (TPSA) is 113 Å². The van der Waals surface area contributed by atoms with Crippen molar-refractivity contribution >= 4 is 16.0 Å². The molecule has 72 valence electrons. The van der Waals surface area contributed by atoms with Gasteiger partial charge in [0.15, 0.2) is 0 Å². The van der Waals surface area contributed by atoms with Crippen LogP contribution in [0.2, 0.25) is 0 Å². The summed E-state index contributed by atoms with van der Waals surface area (Å²) in [6.45, 7) is 1.79. The van der Waals surface area contributed by atoms with Crippen LogP contribution in [0, 0.1) is 11.3 Å². The number of nitrogens with zero attached hydrogens (tertiary/aromatic N) is 1. The highest BCUT2D eigenvalue weighted by Crippen LogP contribution is 1.99. The van der Waals surface area contributed by atoms with Crippen LogP contribution in [0.5, 0.6) is 0 Å². The Balaban J connectivity index is 4.20. The van der Waals surface area contributed by atoms with Crippen molar-refractivity contribution < 1.29 is 8.42 Å². The molecule has 0 fully saturated rings. The van der Waals surface area contributed by atoms with Crippen molar-refractivity contribution in [2.75, 3.05) is 13.6 Å². The number of hydrogen-bond acceptors (Lipinski definition) is 3. The van der Waals surface area contributed by atoms with Crippen LogP contribution in [0.25, 0.3) is 0 Å². The Bertz CT molecular complexity index is 261. The van der Waals surface area contributed by atoms with Crippen molar-refractivity contribution in [2.24, 2.45) is 16.8 Å². The summed E-state index contributed by atoms with van der Waals surface area (Å²) in [5.41, 5.74) is 5.15. The fourth-order valence-electron chi connectivity index (χ4n) is 0.588. The quantitative estimate of drug-likeness (QED) is 0.381. The molecule has 0 aromatic heterocycles. The second-order valence-corrected chi connectivity index (χ2v) is 4.34. The molecule has 0 radical (unpaired) electrons. The molecule has 7 heteroatoms. The van der Waals surface area contributed by atoms with Gasteiger partial charge in [-0.15, -0.1) is 0 Å². The standard InChI is InChI=1S/C5H14N4O2S/c1-4(5(6)7)3-9(2)12(8,10)11/h4H,3H2,1-2H3,(H3,6,7)(H2,8,10,11). The van der Waals surface area contributed by atoms with Gasteiger partial charge in [-0.2, -0.15) is 12.7 Å². The van der Waals surface area contributed by atoms with Crippen LogP contribution in [0.4, 0.5) is 0 Å². The third-order valence-corrected chi connectivity index (χ3v) is 2.51. The lowest BCUT2D eigenvalue weighted by Crippen LogP contribution is -2.39. The number of nitrogens with one attached hydrogen (secondary N) is 1. The monoisotopic (exact) mass is 194 g/mol. The zero-order valence-electron chi connectivity index (χ0n) is 7.11. The first-order valence-corrected chi connectivity index (χ1v) is 4.83. The normalized spacial score (nSPS) is 14.7. The molecule has 12 heavy (non-hydrogen) atoms. The van der Waals surface area contributed by atoms with E-state index in [9.17, 15) is 8.42 Å². The van der Waals surface area contributed by atoms with Gasteiger partial charge >= 0.3 is 0 Å². The average molecular weight is 194 g/mol. The molecule has 0 aromatic rings. The van der Waals surface area contributed by atoms with Gasteiger partial charge < -0.3 is 5.73 Å². The molecule has 0 spiro atoms. The number of nitrogens with two attached hydrogens (primary N) is 2. The van der Waals surface area contributed by atoms with E-state index in [2.05, 4.69) is 0 Å². The highest BCUT2D eigenvalue weighted by molar-refractivity contribution is 7.86. The molecule has 0 amide bonds. The molecule has 0 saturated heterocycles. The van der Waals surface area contributed by atoms with E-state index in [1.54, 1.807) is 6.92 Å². The lowest BCUT2D eigenvalue weighted by atomic mass is 10.2. The first-order chi connectivity index (χ1) is 5.25. The molecule has 0 bridgehead atoms. The van der Waals surface area contributed by atoms with Crippen LogP contribution in [-0.2, 0) is 10.2 Å². The summed E-state index contributed by atoms with van der Waals surface area (Å²) in [6, 6.07) is 0. The number of amidine groups is 1. The Kier molecular flexibility index (Phi) is 3.62. The van der Waals surface area contributed by atoms with E-state index in [0.717, 1.165) is 4.31 Å². The molecule has 0 heterocycles. The van der Waals surface area contributed by atoms with Crippen molar-refractivity contribution in [1.29, 1.82) is 5.41 Å². The minimum atomic E-state index is -3.65. The zero-order valence-corrected chi connectivity index (χ0v) is 7.93. The van der Waals surface area contributed by atoms with Crippen LogP contribution < -0.4 is 10.9 Å². The Hall–Kier alpha value is -0.660. The summed E-state index contributed by atoms with van der Waals surface area (Å²) >= 11 is 0. The summed E-state index contributed by atoms with van der Waals surface area (Å²) in [6.07, 6.45) is 0. The van der Waals surface area contributed by atoms with Gasteiger partial charge in [0.05, 0.1) is 5.84 Å². The Morgan fingerprint density at radius 2 is 2.08 bits per heavy atom. The first-order valence-electron chi connectivity index (χ1n) is 3.33. The summed E-state index contributed by atoms with van der Waals surface area (Å²) in [7, 11) is -2.31. The van der Waals surface area contributed by atoms with Crippen LogP contribution >= 0.6 is 0 Å². The third-order valence-electron chi connectivity index (χ3n) is 1.50. The van der Waals surface area contributed by atoms with Gasteiger partial charge in [-0.25, -0.2) is 5.14 Å². The van der Waals surface area contributed by atoms with Crippen molar-refractivity contribution in [3.63, 3.8) is 0 Å². The predicted octanol–water partition coefficient (Wildman–Crippen LogP) is -1.31. The van der Waals surface area contributed by atoms with E-state index < -0.39 is 10.2 Å². The van der Waals surface area contributed by atoms with E-state index in [4.69, 9.17) is 16.3 Å². The summed E-state index contributed by atoms with van der Waals surface area (Å²) < 4.78 is 22.3. The maximum absolute atomic E-state index is 10.7. The van der Waals surface area contributed by atoms with Crippen LogP contribution in [-0.4, -0.2) is 32.2 Å². The van der Waals surface area contributed by atoms with Gasteiger partial charge in [0, 0.05) is 19.5 Å². The fourth-order valence-corrected chi connectivity index (χ4v) is 1.02.